The number of benzene rings is 1. The Morgan fingerprint density at radius 1 is 0.568 bits per heavy atom. The smallest absolute Gasteiger partial charge is 0.232 e. The zero-order valence-electron chi connectivity index (χ0n) is 29.5. The van der Waals surface area contributed by atoms with E-state index in [-0.39, 0.29) is 10.8 Å². The first-order valence-electron chi connectivity index (χ1n) is 17.6. The summed E-state index contributed by atoms with van der Waals surface area (Å²) in [5.41, 5.74) is 2.36. The van der Waals surface area contributed by atoms with Crippen molar-refractivity contribution < 1.29 is 5.11 Å². The number of hydrogen-bond donors (Lipinski definition) is 2. The molecule has 2 aromatic rings. The van der Waals surface area contributed by atoms with Crippen LogP contribution in [0.1, 0.15) is 169 Å². The molecule has 0 radical (unpaired) electrons. The van der Waals surface area contributed by atoms with Gasteiger partial charge in [0.15, 0.2) is 10.3 Å². The van der Waals surface area contributed by atoms with Crippen molar-refractivity contribution >= 4 is 35.2 Å². The highest BCUT2D eigenvalue weighted by Gasteiger charge is 2.27. The van der Waals surface area contributed by atoms with Crippen molar-refractivity contribution in [1.82, 2.24) is 15.0 Å². The molecule has 0 unspecified atom stereocenters. The first kappa shape index (κ1) is 38.7. The fourth-order valence-corrected chi connectivity index (χ4v) is 7.02. The number of aromatic hydroxyl groups is 1. The van der Waals surface area contributed by atoms with Crippen molar-refractivity contribution in [1.29, 1.82) is 0 Å². The monoisotopic (exact) mass is 644 g/mol. The molecule has 0 fully saturated rings. The molecule has 0 saturated heterocycles. The van der Waals surface area contributed by atoms with E-state index < -0.39 is 0 Å². The van der Waals surface area contributed by atoms with Gasteiger partial charge in [0, 0.05) is 28.3 Å². The predicted molar refractivity (Wildman–Crippen MR) is 195 cm³/mol. The molecule has 44 heavy (non-hydrogen) atoms. The molecule has 2 N–H and O–H groups in total. The molecule has 0 atom stereocenters. The largest absolute Gasteiger partial charge is 0.507 e. The number of nitrogens with zero attached hydrogens (tertiary/aromatic N) is 3. The molecule has 250 valence electrons. The molecule has 0 aliphatic carbocycles. The summed E-state index contributed by atoms with van der Waals surface area (Å²) in [5, 5.41) is 16.3. The first-order valence-corrected chi connectivity index (χ1v) is 19.6. The maximum Gasteiger partial charge on any atom is 0.232 e. The van der Waals surface area contributed by atoms with Crippen molar-refractivity contribution in [2.75, 3.05) is 16.8 Å². The second-order valence-electron chi connectivity index (χ2n) is 14.4. The maximum atomic E-state index is 11.2. The minimum Gasteiger partial charge on any atom is -0.507 e. The van der Waals surface area contributed by atoms with E-state index in [0.29, 0.717) is 11.7 Å². The third-order valence-corrected chi connectivity index (χ3v) is 9.90. The van der Waals surface area contributed by atoms with Crippen molar-refractivity contribution in [3.8, 4) is 5.75 Å². The summed E-state index contributed by atoms with van der Waals surface area (Å²) >= 11 is 3.50. The van der Waals surface area contributed by atoms with Gasteiger partial charge in [-0.3, -0.25) is 0 Å². The molecule has 0 saturated carbocycles. The zero-order chi connectivity index (χ0) is 32.4. The van der Waals surface area contributed by atoms with Crippen molar-refractivity contribution in [2.24, 2.45) is 0 Å². The first-order chi connectivity index (χ1) is 21.0. The molecule has 0 bridgehead atoms. The van der Waals surface area contributed by atoms with E-state index >= 15 is 0 Å². The van der Waals surface area contributed by atoms with Crippen LogP contribution in [0.5, 0.6) is 5.75 Å². The number of aromatic nitrogens is 3. The van der Waals surface area contributed by atoms with Crippen LogP contribution in [0, 0.1) is 0 Å². The normalized spacial score (nSPS) is 12.2. The second-order valence-corrected chi connectivity index (χ2v) is 16.5. The van der Waals surface area contributed by atoms with Crippen LogP contribution in [0.2, 0.25) is 0 Å². The Hall–Kier alpha value is -1.47. The van der Waals surface area contributed by atoms with Gasteiger partial charge in [0.25, 0.3) is 0 Å². The molecule has 5 nitrogen and oxygen atoms in total. The van der Waals surface area contributed by atoms with Gasteiger partial charge in [-0.15, -0.1) is 0 Å². The molecule has 0 aliphatic heterocycles. The summed E-state index contributed by atoms with van der Waals surface area (Å²) in [4.78, 5) is 14.6. The van der Waals surface area contributed by atoms with Gasteiger partial charge in [0.2, 0.25) is 5.95 Å². The van der Waals surface area contributed by atoms with Gasteiger partial charge >= 0.3 is 0 Å². The highest BCUT2D eigenvalue weighted by Crippen LogP contribution is 2.41. The fraction of sp³-hybridized carbons (Fsp3) is 0.757. The summed E-state index contributed by atoms with van der Waals surface area (Å²) < 4.78 is 0. The molecule has 1 heterocycles. The predicted octanol–water partition coefficient (Wildman–Crippen LogP) is 12.4. The highest BCUT2D eigenvalue weighted by atomic mass is 32.2. The number of phenols is 1. The van der Waals surface area contributed by atoms with E-state index in [1.165, 1.54) is 103 Å². The number of rotatable bonds is 22. The third-order valence-electron chi connectivity index (χ3n) is 8.03. The summed E-state index contributed by atoms with van der Waals surface area (Å²) in [6.07, 6.45) is 21.1. The molecule has 0 amide bonds. The lowest BCUT2D eigenvalue weighted by Gasteiger charge is -2.28. The Labute approximate surface area is 279 Å². The van der Waals surface area contributed by atoms with Gasteiger partial charge in [-0.1, -0.05) is 169 Å². The van der Waals surface area contributed by atoms with E-state index in [4.69, 9.17) is 15.0 Å². The van der Waals surface area contributed by atoms with Crippen molar-refractivity contribution in [3.63, 3.8) is 0 Å². The molecule has 0 aliphatic rings. The minimum atomic E-state index is -0.200. The maximum absolute atomic E-state index is 11.2. The van der Waals surface area contributed by atoms with Crippen molar-refractivity contribution in [2.45, 2.75) is 179 Å². The minimum absolute atomic E-state index is 0.200. The van der Waals surface area contributed by atoms with Crippen LogP contribution in [0.15, 0.2) is 22.4 Å². The summed E-state index contributed by atoms with van der Waals surface area (Å²) in [5.74, 6) is 3.03. The Morgan fingerprint density at radius 3 is 1.30 bits per heavy atom. The lowest BCUT2D eigenvalue weighted by atomic mass is 9.79. The number of unbranched alkanes of at least 4 members (excludes halogenated alkanes) is 14. The molecule has 1 aromatic carbocycles. The average Bonchev–Trinajstić information content (AvgIpc) is 2.95. The molecule has 2 rings (SSSR count). The number of anilines is 2. The molecule has 1 aromatic heterocycles. The van der Waals surface area contributed by atoms with Gasteiger partial charge in [-0.2, -0.15) is 15.0 Å². The van der Waals surface area contributed by atoms with E-state index in [0.717, 1.165) is 38.6 Å². The van der Waals surface area contributed by atoms with Gasteiger partial charge in [0.05, 0.1) is 0 Å². The zero-order valence-corrected chi connectivity index (χ0v) is 31.1. The lowest BCUT2D eigenvalue weighted by Crippen LogP contribution is -2.18. The summed E-state index contributed by atoms with van der Waals surface area (Å²) in [7, 11) is 0. The average molecular weight is 645 g/mol. The molecule has 7 heteroatoms. The van der Waals surface area contributed by atoms with Crippen molar-refractivity contribution in [3.05, 3.63) is 23.3 Å². The standard InChI is InChI=1S/C37H64N4OS2/c1-9-11-13-15-17-19-21-23-25-43-34-39-33(40-35(41-34)44-26-24-22-20-18-16-14-12-10-2)38-29-27-30(36(3,4)5)32(42)31(28-29)37(6,7)8/h27-28,42H,9-26H2,1-8H3,(H,38,39,40,41). The number of hydrogen-bond acceptors (Lipinski definition) is 7. The lowest BCUT2D eigenvalue weighted by molar-refractivity contribution is 0.423. The van der Waals surface area contributed by atoms with E-state index in [2.05, 4.69) is 72.8 Å². The van der Waals surface area contributed by atoms with E-state index in [9.17, 15) is 5.11 Å². The van der Waals surface area contributed by atoms with Crippen LogP contribution < -0.4 is 5.32 Å². The Bertz CT molecular complexity index is 1000. The number of phenolic OH excluding ortho intramolecular Hbond substituents is 1. The Morgan fingerprint density at radius 2 is 0.932 bits per heavy atom. The van der Waals surface area contributed by atoms with Crippen LogP contribution in [0.25, 0.3) is 0 Å². The Balaban J connectivity index is 2.11. The summed E-state index contributed by atoms with van der Waals surface area (Å²) in [6, 6.07) is 4.10. The molecular weight excluding hydrogens is 581 g/mol. The third kappa shape index (κ3) is 15.2. The van der Waals surface area contributed by atoms with Crippen LogP contribution in [-0.2, 0) is 10.8 Å². The van der Waals surface area contributed by atoms with Gasteiger partial charge in [-0.25, -0.2) is 0 Å². The van der Waals surface area contributed by atoms with Crippen LogP contribution in [0.4, 0.5) is 11.6 Å². The topological polar surface area (TPSA) is 70.9 Å². The van der Waals surface area contributed by atoms with Gasteiger partial charge in [-0.05, 0) is 35.8 Å². The Kier molecular flexibility index (Phi) is 18.1. The quantitative estimate of drug-likeness (QED) is 0.0750. The fourth-order valence-electron chi connectivity index (χ4n) is 5.30. The van der Waals surface area contributed by atoms with Gasteiger partial charge < -0.3 is 10.4 Å². The van der Waals surface area contributed by atoms with Crippen LogP contribution in [-0.4, -0.2) is 31.6 Å². The van der Waals surface area contributed by atoms with E-state index in [1.54, 1.807) is 23.5 Å². The molecule has 0 spiro atoms. The van der Waals surface area contributed by atoms with Gasteiger partial charge in [0.1, 0.15) is 5.75 Å². The summed E-state index contributed by atoms with van der Waals surface area (Å²) in [6.45, 7) is 17.4. The number of thioether (sulfide) groups is 2. The van der Waals surface area contributed by atoms with Crippen LogP contribution in [0.3, 0.4) is 0 Å². The van der Waals surface area contributed by atoms with Crippen LogP contribution >= 0.6 is 23.5 Å². The molecular formula is C37H64N4OS2. The second kappa shape index (κ2) is 20.6. The highest BCUT2D eigenvalue weighted by molar-refractivity contribution is 7.99. The number of nitrogens with one attached hydrogen (secondary N) is 1. The SMILES string of the molecule is CCCCCCCCCCSc1nc(Nc2cc(C(C)(C)C)c(O)c(C(C)(C)C)c2)nc(SCCCCCCCCCC)n1. The van der Waals surface area contributed by atoms with E-state index in [1.807, 2.05) is 0 Å².